The molecule has 0 aromatic heterocycles. The molecule has 0 aliphatic heterocycles. The fourth-order valence-electron chi connectivity index (χ4n) is 5.71. The summed E-state index contributed by atoms with van der Waals surface area (Å²) in [7, 11) is 0. The van der Waals surface area contributed by atoms with Crippen molar-refractivity contribution in [2.75, 3.05) is 6.61 Å². The Labute approximate surface area is 179 Å². The predicted octanol–water partition coefficient (Wildman–Crippen LogP) is 4.87. The van der Waals surface area contributed by atoms with Crippen LogP contribution in [0.15, 0.2) is 34.6 Å². The van der Waals surface area contributed by atoms with Crippen LogP contribution in [0.2, 0.25) is 0 Å². The van der Waals surface area contributed by atoms with Crippen LogP contribution in [-0.2, 0) is 19.1 Å². The van der Waals surface area contributed by atoms with Crippen molar-refractivity contribution in [1.82, 2.24) is 0 Å². The Morgan fingerprint density at radius 3 is 2.43 bits per heavy atom. The quantitative estimate of drug-likeness (QED) is 0.649. The van der Waals surface area contributed by atoms with Gasteiger partial charge in [0.05, 0.1) is 6.61 Å². The lowest BCUT2D eigenvalue weighted by Gasteiger charge is -2.54. The number of aliphatic hydroxyl groups excluding tert-OH is 1. The first-order valence-corrected chi connectivity index (χ1v) is 11.0. The number of ether oxygens (including phenoxy) is 1. The average molecular weight is 415 g/mol. The summed E-state index contributed by atoms with van der Waals surface area (Å²) in [4.78, 5) is 38.4. The Morgan fingerprint density at radius 1 is 1.17 bits per heavy atom. The van der Waals surface area contributed by atoms with Crippen LogP contribution in [-0.4, -0.2) is 29.2 Å². The van der Waals surface area contributed by atoms with Gasteiger partial charge in [0, 0.05) is 34.3 Å². The molecule has 0 aromatic carbocycles. The topological polar surface area (TPSA) is 80.7 Å². The highest BCUT2D eigenvalue weighted by atomic mass is 16.5. The number of esters is 1. The second kappa shape index (κ2) is 7.82. The molecule has 0 aromatic rings. The van der Waals surface area contributed by atoms with Crippen LogP contribution in [0, 0.1) is 28.6 Å². The fourth-order valence-corrected chi connectivity index (χ4v) is 5.71. The van der Waals surface area contributed by atoms with Gasteiger partial charge in [-0.3, -0.25) is 14.4 Å². The monoisotopic (exact) mass is 414 g/mol. The van der Waals surface area contributed by atoms with E-state index < -0.39 is 16.7 Å². The molecule has 3 aliphatic carbocycles. The predicted molar refractivity (Wildman–Crippen MR) is 115 cm³/mol. The van der Waals surface area contributed by atoms with Crippen LogP contribution in [0.3, 0.4) is 0 Å². The first-order chi connectivity index (χ1) is 13.9. The molecule has 3 atom stereocenters. The molecular weight excluding hydrogens is 380 g/mol. The molecule has 3 rings (SSSR count). The smallest absolute Gasteiger partial charge is 0.306 e. The van der Waals surface area contributed by atoms with Gasteiger partial charge in [-0.2, -0.15) is 0 Å². The van der Waals surface area contributed by atoms with Crippen molar-refractivity contribution in [3.8, 4) is 0 Å². The van der Waals surface area contributed by atoms with Crippen LogP contribution >= 0.6 is 0 Å². The summed E-state index contributed by atoms with van der Waals surface area (Å²) in [5.41, 5.74) is 0.550. The van der Waals surface area contributed by atoms with Gasteiger partial charge < -0.3 is 9.84 Å². The SMILES string of the molecule is CC(C)CC(=O)OCC1(C)CCCC2(C)C3=C(O)C(=O)C(C(C)C)=CC3=CC(=O)C12. The largest absolute Gasteiger partial charge is 0.504 e. The highest BCUT2D eigenvalue weighted by molar-refractivity contribution is 6.11. The normalized spacial score (nSPS) is 31.4. The molecule has 5 nitrogen and oxygen atoms in total. The minimum Gasteiger partial charge on any atom is -0.504 e. The van der Waals surface area contributed by atoms with Crippen molar-refractivity contribution < 1.29 is 24.2 Å². The number of rotatable bonds is 5. The van der Waals surface area contributed by atoms with E-state index in [4.69, 9.17) is 4.74 Å². The summed E-state index contributed by atoms with van der Waals surface area (Å²) >= 11 is 0. The highest BCUT2D eigenvalue weighted by Gasteiger charge is 2.58. The van der Waals surface area contributed by atoms with Gasteiger partial charge in [-0.25, -0.2) is 0 Å². The molecule has 0 bridgehead atoms. The zero-order valence-corrected chi connectivity index (χ0v) is 19.0. The van der Waals surface area contributed by atoms with E-state index in [1.165, 1.54) is 0 Å². The molecule has 164 valence electrons. The van der Waals surface area contributed by atoms with Crippen molar-refractivity contribution in [3.63, 3.8) is 0 Å². The van der Waals surface area contributed by atoms with Gasteiger partial charge in [-0.05, 0) is 42.4 Å². The molecule has 0 spiro atoms. The van der Waals surface area contributed by atoms with Gasteiger partial charge in [-0.1, -0.05) is 48.0 Å². The molecule has 0 heterocycles. The molecule has 1 saturated carbocycles. The van der Waals surface area contributed by atoms with Crippen LogP contribution in [0.4, 0.5) is 0 Å². The molecule has 5 heteroatoms. The van der Waals surface area contributed by atoms with Gasteiger partial charge in [-0.15, -0.1) is 0 Å². The maximum absolute atomic E-state index is 13.4. The molecule has 1 N–H and O–H groups in total. The van der Waals surface area contributed by atoms with Crippen molar-refractivity contribution in [3.05, 3.63) is 34.6 Å². The Kier molecular flexibility index (Phi) is 5.87. The van der Waals surface area contributed by atoms with E-state index in [1.807, 2.05) is 41.5 Å². The highest BCUT2D eigenvalue weighted by Crippen LogP contribution is 2.60. The minimum absolute atomic E-state index is 0.0140. The molecule has 1 fully saturated rings. The molecule has 0 saturated heterocycles. The number of carbonyl (C=O) groups is 3. The lowest BCUT2D eigenvalue weighted by molar-refractivity contribution is -0.155. The Bertz CT molecular complexity index is 872. The second-order valence-corrected chi connectivity index (χ2v) is 10.4. The summed E-state index contributed by atoms with van der Waals surface area (Å²) in [6.07, 6.45) is 5.99. The van der Waals surface area contributed by atoms with Gasteiger partial charge in [0.25, 0.3) is 0 Å². The number of allylic oxidation sites excluding steroid dienone is 5. The van der Waals surface area contributed by atoms with E-state index in [0.717, 1.165) is 12.8 Å². The maximum atomic E-state index is 13.4. The van der Waals surface area contributed by atoms with Crippen LogP contribution < -0.4 is 0 Å². The van der Waals surface area contributed by atoms with E-state index in [-0.39, 0.29) is 41.7 Å². The Hall–Kier alpha value is -2.17. The van der Waals surface area contributed by atoms with Gasteiger partial charge in [0.2, 0.25) is 5.78 Å². The van der Waals surface area contributed by atoms with E-state index in [1.54, 1.807) is 12.2 Å². The van der Waals surface area contributed by atoms with E-state index in [9.17, 15) is 19.5 Å². The molecular formula is C25H34O5. The standard InChI is InChI=1S/C25H34O5/c1-14(2)10-19(27)30-13-24(5)8-7-9-25(6)20-16(12-18(26)23(24)25)11-17(15(3)4)21(28)22(20)29/h11-12,14-15,23,29H,7-10,13H2,1-6H3. The van der Waals surface area contributed by atoms with E-state index in [2.05, 4.69) is 0 Å². The van der Waals surface area contributed by atoms with Crippen molar-refractivity contribution in [1.29, 1.82) is 0 Å². The number of hydrogen-bond donors (Lipinski definition) is 1. The number of aliphatic hydroxyl groups is 1. The number of hydrogen-bond acceptors (Lipinski definition) is 5. The van der Waals surface area contributed by atoms with Crippen molar-refractivity contribution in [2.45, 2.75) is 67.2 Å². The Balaban J connectivity index is 2.01. The number of fused-ring (bicyclic) bond motifs is 3. The molecule has 3 unspecified atom stereocenters. The summed E-state index contributed by atoms with van der Waals surface area (Å²) in [6.45, 7) is 11.9. The molecule has 30 heavy (non-hydrogen) atoms. The lowest BCUT2D eigenvalue weighted by Crippen LogP contribution is -2.53. The van der Waals surface area contributed by atoms with Crippen molar-refractivity contribution in [2.24, 2.45) is 28.6 Å². The minimum atomic E-state index is -0.669. The zero-order chi connectivity index (χ0) is 22.4. The van der Waals surface area contributed by atoms with Gasteiger partial charge in [0.15, 0.2) is 11.5 Å². The third kappa shape index (κ3) is 3.67. The zero-order valence-electron chi connectivity index (χ0n) is 19.0. The maximum Gasteiger partial charge on any atom is 0.306 e. The number of Topliss-reactive ketones (excluding diaryl/α,β-unsaturated/α-hetero) is 1. The van der Waals surface area contributed by atoms with Crippen LogP contribution in [0.1, 0.15) is 67.2 Å². The van der Waals surface area contributed by atoms with Crippen LogP contribution in [0.5, 0.6) is 0 Å². The fraction of sp³-hybridized carbons (Fsp3) is 0.640. The van der Waals surface area contributed by atoms with E-state index >= 15 is 0 Å². The first-order valence-electron chi connectivity index (χ1n) is 11.0. The number of ketones is 2. The van der Waals surface area contributed by atoms with Crippen LogP contribution in [0.25, 0.3) is 0 Å². The summed E-state index contributed by atoms with van der Waals surface area (Å²) in [6, 6.07) is 0. The molecule has 3 aliphatic rings. The van der Waals surface area contributed by atoms with Gasteiger partial charge in [0.1, 0.15) is 0 Å². The third-order valence-electron chi connectivity index (χ3n) is 7.01. The first kappa shape index (κ1) is 22.5. The Morgan fingerprint density at radius 2 is 1.83 bits per heavy atom. The number of carbonyl (C=O) groups excluding carboxylic acids is 3. The molecule has 0 amide bonds. The summed E-state index contributed by atoms with van der Waals surface area (Å²) in [5, 5.41) is 10.9. The summed E-state index contributed by atoms with van der Waals surface area (Å²) < 4.78 is 5.60. The lowest BCUT2D eigenvalue weighted by atomic mass is 9.49. The van der Waals surface area contributed by atoms with Gasteiger partial charge >= 0.3 is 5.97 Å². The van der Waals surface area contributed by atoms with Crippen molar-refractivity contribution >= 4 is 17.5 Å². The van der Waals surface area contributed by atoms with E-state index in [0.29, 0.717) is 29.6 Å². The molecule has 0 radical (unpaired) electrons. The second-order valence-electron chi connectivity index (χ2n) is 10.4. The summed E-state index contributed by atoms with van der Waals surface area (Å²) in [5.74, 6) is -1.12. The third-order valence-corrected chi connectivity index (χ3v) is 7.01. The average Bonchev–Trinajstić information content (AvgIpc) is 2.61.